The Bertz CT molecular complexity index is 1410. The molecular formula is C39H58Cl3N7O2. The van der Waals surface area contributed by atoms with Crippen molar-refractivity contribution in [2.24, 2.45) is 5.73 Å². The summed E-state index contributed by atoms with van der Waals surface area (Å²) in [6.07, 6.45) is 17.0. The monoisotopic (exact) mass is 761 g/mol. The number of hydrogen-bond donors (Lipinski definition) is 3. The minimum Gasteiger partial charge on any atom is -0.489 e. The lowest BCUT2D eigenvalue weighted by Gasteiger charge is -2.47. The van der Waals surface area contributed by atoms with Gasteiger partial charge in [0.25, 0.3) is 0 Å². The molecule has 3 heterocycles. The van der Waals surface area contributed by atoms with Crippen LogP contribution in [-0.2, 0) is 17.8 Å². The Morgan fingerprint density at radius 3 is 2.25 bits per heavy atom. The van der Waals surface area contributed by atoms with Crippen molar-refractivity contribution in [2.45, 2.75) is 114 Å². The van der Waals surface area contributed by atoms with Gasteiger partial charge in [0.05, 0.1) is 6.04 Å². The van der Waals surface area contributed by atoms with E-state index in [1.807, 2.05) is 48.7 Å². The molecule has 1 aliphatic carbocycles. The number of carbonyl (C=O) groups excluding carboxylic acids is 1. The van der Waals surface area contributed by atoms with Gasteiger partial charge in [0, 0.05) is 44.0 Å². The predicted octanol–water partition coefficient (Wildman–Crippen LogP) is 7.36. The first-order valence-corrected chi connectivity index (χ1v) is 18.5. The van der Waals surface area contributed by atoms with E-state index < -0.39 is 6.04 Å². The molecule has 6 rings (SSSR count). The first-order valence-electron chi connectivity index (χ1n) is 18.5. The summed E-state index contributed by atoms with van der Waals surface area (Å²) in [5.41, 5.74) is 8.56. The second-order valence-corrected chi connectivity index (χ2v) is 13.9. The summed E-state index contributed by atoms with van der Waals surface area (Å²) in [6, 6.07) is 20.6. The summed E-state index contributed by atoms with van der Waals surface area (Å²) in [4.78, 5) is 28.0. The van der Waals surface area contributed by atoms with Gasteiger partial charge in [-0.25, -0.2) is 4.98 Å². The highest BCUT2D eigenvalue weighted by Gasteiger charge is 2.36. The topological polar surface area (TPSA) is 109 Å². The van der Waals surface area contributed by atoms with E-state index in [1.54, 1.807) is 0 Å². The van der Waals surface area contributed by atoms with Crippen LogP contribution < -0.4 is 26.0 Å². The summed E-state index contributed by atoms with van der Waals surface area (Å²) < 4.78 is 5.92. The predicted molar refractivity (Wildman–Crippen MR) is 215 cm³/mol. The molecule has 51 heavy (non-hydrogen) atoms. The smallest absolute Gasteiger partial charge is 0.237 e. The molecule has 3 fully saturated rings. The van der Waals surface area contributed by atoms with Crippen LogP contribution in [0.4, 0.5) is 11.8 Å². The van der Waals surface area contributed by atoms with Crippen molar-refractivity contribution in [2.75, 3.05) is 36.4 Å². The molecule has 12 heteroatoms. The Hall–Kier alpha value is -2.82. The van der Waals surface area contributed by atoms with Crippen molar-refractivity contribution in [1.29, 1.82) is 0 Å². The highest BCUT2D eigenvalue weighted by atomic mass is 35.5. The lowest BCUT2D eigenvalue weighted by atomic mass is 9.87. The first-order chi connectivity index (χ1) is 23.6. The molecule has 1 saturated carbocycles. The molecule has 2 saturated heterocycles. The maximum Gasteiger partial charge on any atom is 0.237 e. The molecule has 3 atom stereocenters. The minimum absolute atomic E-state index is 0. The molecule has 3 aliphatic rings. The average Bonchev–Trinajstić information content (AvgIpc) is 3.43. The van der Waals surface area contributed by atoms with Crippen molar-refractivity contribution in [1.82, 2.24) is 20.2 Å². The van der Waals surface area contributed by atoms with E-state index in [9.17, 15) is 4.79 Å². The molecule has 0 spiro atoms. The van der Waals surface area contributed by atoms with Crippen LogP contribution >= 0.6 is 37.2 Å². The number of likely N-dealkylation sites (tertiary alicyclic amines) is 1. The van der Waals surface area contributed by atoms with E-state index in [0.29, 0.717) is 31.7 Å². The van der Waals surface area contributed by atoms with Gasteiger partial charge in [-0.2, -0.15) is 4.98 Å². The molecule has 0 bridgehead atoms. The number of carbonyl (C=O) groups is 1. The maximum absolute atomic E-state index is 13.2. The fourth-order valence-electron chi connectivity index (χ4n) is 7.83. The average molecular weight is 763 g/mol. The number of nitrogens with one attached hydrogen (secondary N) is 2. The van der Waals surface area contributed by atoms with Crippen LogP contribution in [-0.4, -0.2) is 71.1 Å². The zero-order valence-corrected chi connectivity index (χ0v) is 32.2. The third-order valence-corrected chi connectivity index (χ3v) is 10.5. The zero-order valence-electron chi connectivity index (χ0n) is 29.8. The Morgan fingerprint density at radius 2 is 1.53 bits per heavy atom. The summed E-state index contributed by atoms with van der Waals surface area (Å²) in [7, 11) is 0. The second-order valence-electron chi connectivity index (χ2n) is 13.9. The zero-order chi connectivity index (χ0) is 33.0. The Morgan fingerprint density at radius 1 is 0.824 bits per heavy atom. The Balaban J connectivity index is 0.00000234. The van der Waals surface area contributed by atoms with Crippen molar-refractivity contribution < 1.29 is 9.53 Å². The molecule has 2 unspecified atom stereocenters. The molecule has 2 aliphatic heterocycles. The van der Waals surface area contributed by atoms with Gasteiger partial charge in [0.2, 0.25) is 11.9 Å². The van der Waals surface area contributed by atoms with Crippen LogP contribution in [0.1, 0.15) is 88.2 Å². The molecule has 4 N–H and O–H groups in total. The number of amides is 1. The molecule has 2 aromatic carbocycles. The van der Waals surface area contributed by atoms with E-state index in [2.05, 4.69) is 43.6 Å². The first kappa shape index (κ1) is 42.6. The number of aromatic nitrogens is 2. The van der Waals surface area contributed by atoms with E-state index >= 15 is 0 Å². The van der Waals surface area contributed by atoms with E-state index in [1.165, 1.54) is 57.8 Å². The number of hydrogen-bond acceptors (Lipinski definition) is 8. The highest BCUT2D eigenvalue weighted by Crippen LogP contribution is 2.31. The third-order valence-electron chi connectivity index (χ3n) is 10.5. The van der Waals surface area contributed by atoms with Gasteiger partial charge in [0.15, 0.2) is 0 Å². The number of rotatable bonds is 13. The SMILES string of the molecule is Cl.Cl.Cl.N[C@@H](Cc1ccc(OCc2ccccc2)cc1)C(=O)NCCC1C(Nc2nccc(N3CCCCCC3)n2)CCCN1C1CCCCC1. The van der Waals surface area contributed by atoms with Gasteiger partial charge >= 0.3 is 0 Å². The van der Waals surface area contributed by atoms with Gasteiger partial charge < -0.3 is 26.0 Å². The number of piperidine rings is 1. The van der Waals surface area contributed by atoms with Crippen LogP contribution in [0.2, 0.25) is 0 Å². The van der Waals surface area contributed by atoms with Crippen LogP contribution in [0.15, 0.2) is 66.9 Å². The van der Waals surface area contributed by atoms with Gasteiger partial charge in [0.1, 0.15) is 18.2 Å². The lowest BCUT2D eigenvalue weighted by molar-refractivity contribution is -0.122. The Kier molecular flexibility index (Phi) is 18.6. The molecule has 3 aromatic rings. The van der Waals surface area contributed by atoms with Crippen LogP contribution in [0.25, 0.3) is 0 Å². The van der Waals surface area contributed by atoms with Gasteiger partial charge in [-0.3, -0.25) is 9.69 Å². The normalized spacial score (nSPS) is 20.4. The van der Waals surface area contributed by atoms with Crippen molar-refractivity contribution in [3.05, 3.63) is 78.0 Å². The number of anilines is 2. The molecule has 1 amide bonds. The number of nitrogens with zero attached hydrogens (tertiary/aromatic N) is 4. The summed E-state index contributed by atoms with van der Waals surface area (Å²) in [6.45, 7) is 4.36. The van der Waals surface area contributed by atoms with Crippen LogP contribution in [0.5, 0.6) is 5.75 Å². The molecule has 1 aromatic heterocycles. The van der Waals surface area contributed by atoms with Gasteiger partial charge in [-0.1, -0.05) is 74.6 Å². The maximum atomic E-state index is 13.2. The van der Waals surface area contributed by atoms with Crippen LogP contribution in [0.3, 0.4) is 0 Å². The number of nitrogens with two attached hydrogens (primary N) is 1. The quantitative estimate of drug-likeness (QED) is 0.166. The third kappa shape index (κ3) is 12.7. The summed E-state index contributed by atoms with van der Waals surface area (Å²) in [5.74, 6) is 2.46. The van der Waals surface area contributed by atoms with Crippen molar-refractivity contribution >= 4 is 54.9 Å². The van der Waals surface area contributed by atoms with E-state index in [4.69, 9.17) is 15.5 Å². The van der Waals surface area contributed by atoms with Gasteiger partial charge in [-0.05, 0) is 87.2 Å². The fourth-order valence-corrected chi connectivity index (χ4v) is 7.83. The molecule has 9 nitrogen and oxygen atoms in total. The Labute approximate surface area is 323 Å². The summed E-state index contributed by atoms with van der Waals surface area (Å²) in [5, 5.41) is 6.96. The van der Waals surface area contributed by atoms with Crippen molar-refractivity contribution in [3.63, 3.8) is 0 Å². The standard InChI is InChI=1S/C39H55N7O2.3ClH/c40-34(28-30-17-19-33(20-18-30)48-29-31-12-5-3-6-13-31)38(47)41-23-21-36-35(16-11-27-46(36)32-14-7-4-8-15-32)43-39-42-24-22-37(44-39)45-25-9-1-2-10-26-45;;;/h3,5-6,12-13,17-20,22,24,32,34-36H,1-2,4,7-11,14-16,21,23,25-29,40H2,(H,41,47)(H,42,43,44);3*1H/t34-,35?,36?;;;/m0.../s1. The fraction of sp³-hybridized carbons (Fsp3) is 0.564. The number of benzene rings is 2. The van der Waals surface area contributed by atoms with E-state index in [-0.39, 0.29) is 49.2 Å². The van der Waals surface area contributed by atoms with E-state index in [0.717, 1.165) is 67.5 Å². The van der Waals surface area contributed by atoms with Gasteiger partial charge in [-0.15, -0.1) is 37.2 Å². The largest absolute Gasteiger partial charge is 0.489 e. The number of halogens is 3. The molecule has 282 valence electrons. The number of ether oxygens (including phenoxy) is 1. The van der Waals surface area contributed by atoms with Crippen LogP contribution in [0, 0.1) is 0 Å². The molecule has 0 radical (unpaired) electrons. The summed E-state index contributed by atoms with van der Waals surface area (Å²) >= 11 is 0. The second kappa shape index (κ2) is 22.3. The molecular weight excluding hydrogens is 705 g/mol. The lowest BCUT2D eigenvalue weighted by Crippen LogP contribution is -2.56. The minimum atomic E-state index is -0.606. The highest BCUT2D eigenvalue weighted by molar-refractivity contribution is 5.86. The van der Waals surface area contributed by atoms with Crippen molar-refractivity contribution in [3.8, 4) is 5.75 Å².